The van der Waals surface area contributed by atoms with Crippen LogP contribution in [0.4, 0.5) is 4.39 Å². The van der Waals surface area contributed by atoms with Gasteiger partial charge in [0.1, 0.15) is 16.6 Å². The summed E-state index contributed by atoms with van der Waals surface area (Å²) in [6.07, 6.45) is 1.78. The highest BCUT2D eigenvalue weighted by atomic mass is 32.2. The number of amides is 1. The molecular formula is C17H12FNO2S. The summed E-state index contributed by atoms with van der Waals surface area (Å²) in [5.74, 6) is 0.170. The molecule has 0 unspecified atom stereocenters. The first-order chi connectivity index (χ1) is 10.7. The SMILES string of the molecule is COc1ccc(/C=C2\SC(c3ccc(F)cc3)=NC2=O)cc1. The van der Waals surface area contributed by atoms with Crippen molar-refractivity contribution in [3.8, 4) is 5.75 Å². The number of methoxy groups -OCH3 is 1. The van der Waals surface area contributed by atoms with Gasteiger partial charge in [0.05, 0.1) is 12.0 Å². The van der Waals surface area contributed by atoms with Crippen LogP contribution in [-0.4, -0.2) is 18.1 Å². The second kappa shape index (κ2) is 6.15. The quantitative estimate of drug-likeness (QED) is 0.807. The Bertz CT molecular complexity index is 764. The molecule has 3 nitrogen and oxygen atoms in total. The van der Waals surface area contributed by atoms with Crippen LogP contribution in [0.2, 0.25) is 0 Å². The molecule has 0 radical (unpaired) electrons. The summed E-state index contributed by atoms with van der Waals surface area (Å²) in [5.41, 5.74) is 1.63. The molecule has 5 heteroatoms. The third-order valence-corrected chi connectivity index (χ3v) is 4.16. The molecule has 2 aromatic rings. The summed E-state index contributed by atoms with van der Waals surface area (Å²) in [6.45, 7) is 0. The van der Waals surface area contributed by atoms with E-state index in [1.807, 2.05) is 24.3 Å². The highest BCUT2D eigenvalue weighted by Crippen LogP contribution is 2.32. The first-order valence-electron chi connectivity index (χ1n) is 6.58. The van der Waals surface area contributed by atoms with Gasteiger partial charge in [0.25, 0.3) is 5.91 Å². The van der Waals surface area contributed by atoms with Crippen LogP contribution >= 0.6 is 11.8 Å². The smallest absolute Gasteiger partial charge is 0.284 e. The predicted molar refractivity (Wildman–Crippen MR) is 86.5 cm³/mol. The maximum Gasteiger partial charge on any atom is 0.284 e. The lowest BCUT2D eigenvalue weighted by atomic mass is 10.2. The normalized spacial score (nSPS) is 16.0. The molecule has 0 saturated heterocycles. The lowest BCUT2D eigenvalue weighted by Gasteiger charge is -2.01. The summed E-state index contributed by atoms with van der Waals surface area (Å²) < 4.78 is 18.0. The first kappa shape index (κ1) is 14.5. The van der Waals surface area contributed by atoms with Crippen molar-refractivity contribution in [2.75, 3.05) is 7.11 Å². The van der Waals surface area contributed by atoms with E-state index in [-0.39, 0.29) is 11.7 Å². The van der Waals surface area contributed by atoms with Crippen LogP contribution in [0.5, 0.6) is 5.75 Å². The molecule has 0 aromatic heterocycles. The zero-order valence-electron chi connectivity index (χ0n) is 11.7. The molecule has 0 spiro atoms. The number of thioether (sulfide) groups is 1. The van der Waals surface area contributed by atoms with E-state index in [0.717, 1.165) is 16.9 Å². The number of carbonyl (C=O) groups is 1. The maximum atomic E-state index is 12.9. The van der Waals surface area contributed by atoms with Crippen molar-refractivity contribution in [2.24, 2.45) is 4.99 Å². The maximum absolute atomic E-state index is 12.9. The van der Waals surface area contributed by atoms with Gasteiger partial charge in [-0.25, -0.2) is 9.38 Å². The molecule has 0 atom stereocenters. The average Bonchev–Trinajstić information content (AvgIpc) is 2.90. The van der Waals surface area contributed by atoms with Crippen LogP contribution in [0.15, 0.2) is 58.4 Å². The fourth-order valence-corrected chi connectivity index (χ4v) is 2.90. The van der Waals surface area contributed by atoms with E-state index in [1.165, 1.54) is 23.9 Å². The summed E-state index contributed by atoms with van der Waals surface area (Å²) in [5, 5.41) is 0.588. The minimum atomic E-state index is -0.312. The van der Waals surface area contributed by atoms with Gasteiger partial charge in [0, 0.05) is 5.56 Å². The summed E-state index contributed by atoms with van der Waals surface area (Å²) in [7, 11) is 1.60. The second-order valence-corrected chi connectivity index (χ2v) is 5.64. The Morgan fingerprint density at radius 3 is 2.41 bits per heavy atom. The molecule has 110 valence electrons. The topological polar surface area (TPSA) is 38.7 Å². The molecular weight excluding hydrogens is 301 g/mol. The van der Waals surface area contributed by atoms with Crippen LogP contribution in [0.25, 0.3) is 6.08 Å². The number of hydrogen-bond acceptors (Lipinski definition) is 3. The molecule has 22 heavy (non-hydrogen) atoms. The fraction of sp³-hybridized carbons (Fsp3) is 0.0588. The van der Waals surface area contributed by atoms with Crippen LogP contribution in [0.1, 0.15) is 11.1 Å². The van der Waals surface area contributed by atoms with Crippen molar-refractivity contribution in [3.05, 3.63) is 70.4 Å². The average molecular weight is 313 g/mol. The minimum Gasteiger partial charge on any atom is -0.497 e. The number of rotatable bonds is 3. The van der Waals surface area contributed by atoms with Crippen molar-refractivity contribution in [3.63, 3.8) is 0 Å². The minimum absolute atomic E-state index is 0.278. The van der Waals surface area contributed by atoms with Gasteiger partial charge >= 0.3 is 0 Å². The highest BCUT2D eigenvalue weighted by Gasteiger charge is 2.22. The summed E-state index contributed by atoms with van der Waals surface area (Å²) >= 11 is 1.29. The third kappa shape index (κ3) is 3.09. The van der Waals surface area contributed by atoms with Crippen LogP contribution < -0.4 is 4.74 Å². The standard InChI is InChI=1S/C17H12FNO2S/c1-21-14-8-2-11(3-9-14)10-15-16(20)19-17(22-15)12-4-6-13(18)7-5-12/h2-10H,1H3/b15-10-. The van der Waals surface area contributed by atoms with Crippen LogP contribution in [0, 0.1) is 5.82 Å². The number of hydrogen-bond donors (Lipinski definition) is 0. The number of nitrogens with zero attached hydrogens (tertiary/aromatic N) is 1. The van der Waals surface area contributed by atoms with E-state index in [0.29, 0.717) is 9.95 Å². The second-order valence-electron chi connectivity index (χ2n) is 4.61. The monoisotopic (exact) mass is 313 g/mol. The van der Waals surface area contributed by atoms with Gasteiger partial charge in [0.15, 0.2) is 0 Å². The highest BCUT2D eigenvalue weighted by molar-refractivity contribution is 8.19. The molecule has 3 rings (SSSR count). The Labute approximate surface area is 131 Å². The Morgan fingerprint density at radius 1 is 1.09 bits per heavy atom. The van der Waals surface area contributed by atoms with E-state index >= 15 is 0 Å². The number of halogens is 1. The number of benzene rings is 2. The van der Waals surface area contributed by atoms with Crippen LogP contribution in [0.3, 0.4) is 0 Å². The molecule has 0 fully saturated rings. The van der Waals surface area contributed by atoms with Gasteiger partial charge in [-0.3, -0.25) is 4.79 Å². The van der Waals surface area contributed by atoms with Crippen LogP contribution in [-0.2, 0) is 4.79 Å². The van der Waals surface area contributed by atoms with E-state index in [4.69, 9.17) is 4.74 Å². The van der Waals surface area contributed by atoms with E-state index in [9.17, 15) is 9.18 Å². The number of carbonyl (C=O) groups excluding carboxylic acids is 1. The molecule has 1 heterocycles. The molecule has 1 amide bonds. The Hall–Kier alpha value is -2.40. The van der Waals surface area contributed by atoms with Gasteiger partial charge in [-0.15, -0.1) is 0 Å². The van der Waals surface area contributed by atoms with Crippen molar-refractivity contribution in [1.82, 2.24) is 0 Å². The summed E-state index contributed by atoms with van der Waals surface area (Å²) in [6, 6.07) is 13.3. The van der Waals surface area contributed by atoms with Gasteiger partial charge in [-0.05, 0) is 48.0 Å². The lowest BCUT2D eigenvalue weighted by Crippen LogP contribution is -1.91. The zero-order chi connectivity index (χ0) is 15.5. The third-order valence-electron chi connectivity index (χ3n) is 3.13. The van der Waals surface area contributed by atoms with Crippen molar-refractivity contribution in [2.45, 2.75) is 0 Å². The number of ether oxygens (including phenoxy) is 1. The Morgan fingerprint density at radius 2 is 1.77 bits per heavy atom. The molecule has 1 aliphatic heterocycles. The lowest BCUT2D eigenvalue weighted by molar-refractivity contribution is -0.113. The molecule has 0 bridgehead atoms. The first-order valence-corrected chi connectivity index (χ1v) is 7.40. The van der Waals surface area contributed by atoms with E-state index < -0.39 is 0 Å². The van der Waals surface area contributed by atoms with Gasteiger partial charge < -0.3 is 4.74 Å². The number of aliphatic imine (C=N–C) groups is 1. The molecule has 1 aliphatic rings. The van der Waals surface area contributed by atoms with Gasteiger partial charge in [-0.2, -0.15) is 0 Å². The predicted octanol–water partition coefficient (Wildman–Crippen LogP) is 3.90. The Balaban J connectivity index is 1.81. The van der Waals surface area contributed by atoms with Gasteiger partial charge in [0.2, 0.25) is 0 Å². The molecule has 0 saturated carbocycles. The molecule has 2 aromatic carbocycles. The van der Waals surface area contributed by atoms with E-state index in [1.54, 1.807) is 25.3 Å². The van der Waals surface area contributed by atoms with E-state index in [2.05, 4.69) is 4.99 Å². The zero-order valence-corrected chi connectivity index (χ0v) is 12.6. The van der Waals surface area contributed by atoms with Crippen molar-refractivity contribution in [1.29, 1.82) is 0 Å². The van der Waals surface area contributed by atoms with Crippen molar-refractivity contribution < 1.29 is 13.9 Å². The summed E-state index contributed by atoms with van der Waals surface area (Å²) in [4.78, 5) is 16.5. The fourth-order valence-electron chi connectivity index (χ4n) is 1.98. The van der Waals surface area contributed by atoms with Crippen molar-refractivity contribution >= 4 is 28.8 Å². The molecule has 0 N–H and O–H groups in total. The Kier molecular flexibility index (Phi) is 4.06. The molecule has 0 aliphatic carbocycles. The van der Waals surface area contributed by atoms with Gasteiger partial charge in [-0.1, -0.05) is 23.9 Å². The largest absolute Gasteiger partial charge is 0.497 e.